The molecule has 0 bridgehead atoms. The zero-order valence-corrected chi connectivity index (χ0v) is 14.2. The Hall–Kier alpha value is -1.05. The maximum atomic E-state index is 14.2. The highest BCUT2D eigenvalue weighted by Crippen LogP contribution is 2.36. The van der Waals surface area contributed by atoms with E-state index < -0.39 is 0 Å². The Bertz CT molecular complexity index is 435. The van der Waals surface area contributed by atoms with E-state index in [1.165, 1.54) is 51.4 Å². The van der Waals surface area contributed by atoms with E-state index in [0.717, 1.165) is 17.9 Å². The molecule has 2 heteroatoms. The van der Waals surface area contributed by atoms with Gasteiger partial charge in [0.25, 0.3) is 0 Å². The number of ether oxygens (including phenoxy) is 1. The molecule has 124 valence electrons. The van der Waals surface area contributed by atoms with Gasteiger partial charge in [-0.3, -0.25) is 0 Å². The molecule has 0 spiro atoms. The number of benzene rings is 1. The molecule has 1 aromatic carbocycles. The first kappa shape index (κ1) is 17.3. The first-order valence-electron chi connectivity index (χ1n) is 9.13. The second kappa shape index (κ2) is 9.17. The molecule has 0 heterocycles. The predicted molar refractivity (Wildman–Crippen MR) is 91.0 cm³/mol. The minimum Gasteiger partial charge on any atom is -0.491 e. The first-order chi connectivity index (χ1) is 10.7. The molecular weight excluding hydrogens is 275 g/mol. The molecule has 1 aliphatic rings. The lowest BCUT2D eigenvalue weighted by Crippen LogP contribution is -2.11. The van der Waals surface area contributed by atoms with Crippen LogP contribution in [0.25, 0.3) is 0 Å². The smallest absolute Gasteiger partial charge is 0.165 e. The summed E-state index contributed by atoms with van der Waals surface area (Å²) in [4.78, 5) is 0. The number of hydrogen-bond acceptors (Lipinski definition) is 1. The third kappa shape index (κ3) is 5.30. The van der Waals surface area contributed by atoms with E-state index >= 15 is 0 Å². The van der Waals surface area contributed by atoms with E-state index in [9.17, 15) is 4.39 Å². The van der Waals surface area contributed by atoms with Crippen molar-refractivity contribution in [2.75, 3.05) is 6.61 Å². The molecule has 1 aromatic rings. The summed E-state index contributed by atoms with van der Waals surface area (Å²) >= 11 is 0. The SMILES string of the molecule is CCCCCCCOc1ccc(C2CCC(C)CC2)cc1F. The van der Waals surface area contributed by atoms with Gasteiger partial charge in [0.15, 0.2) is 11.6 Å². The Morgan fingerprint density at radius 2 is 1.77 bits per heavy atom. The molecular formula is C20H31FO. The van der Waals surface area contributed by atoms with Crippen molar-refractivity contribution in [2.45, 2.75) is 77.6 Å². The van der Waals surface area contributed by atoms with Gasteiger partial charge in [0.05, 0.1) is 6.61 Å². The van der Waals surface area contributed by atoms with Crippen LogP contribution in [0.1, 0.15) is 83.1 Å². The lowest BCUT2D eigenvalue weighted by Gasteiger charge is -2.26. The number of hydrogen-bond donors (Lipinski definition) is 0. The topological polar surface area (TPSA) is 9.23 Å². The minimum absolute atomic E-state index is 0.190. The third-order valence-electron chi connectivity index (χ3n) is 4.95. The summed E-state index contributed by atoms with van der Waals surface area (Å²) in [6.07, 6.45) is 10.9. The maximum Gasteiger partial charge on any atom is 0.165 e. The highest BCUT2D eigenvalue weighted by atomic mass is 19.1. The molecule has 1 aliphatic carbocycles. The van der Waals surface area contributed by atoms with Crippen molar-refractivity contribution >= 4 is 0 Å². The summed E-state index contributed by atoms with van der Waals surface area (Å²) in [6, 6.07) is 5.60. The van der Waals surface area contributed by atoms with E-state index in [-0.39, 0.29) is 5.82 Å². The van der Waals surface area contributed by atoms with Gasteiger partial charge in [-0.05, 0) is 48.8 Å². The van der Waals surface area contributed by atoms with Crippen LogP contribution in [0, 0.1) is 11.7 Å². The van der Waals surface area contributed by atoms with Crippen LogP contribution >= 0.6 is 0 Å². The predicted octanol–water partition coefficient (Wildman–Crippen LogP) is 6.47. The van der Waals surface area contributed by atoms with Crippen molar-refractivity contribution in [2.24, 2.45) is 5.92 Å². The summed E-state index contributed by atoms with van der Waals surface area (Å²) < 4.78 is 19.8. The van der Waals surface area contributed by atoms with E-state index in [0.29, 0.717) is 18.3 Å². The van der Waals surface area contributed by atoms with Crippen LogP contribution in [0.5, 0.6) is 5.75 Å². The average molecular weight is 306 g/mol. The van der Waals surface area contributed by atoms with Crippen molar-refractivity contribution in [1.82, 2.24) is 0 Å². The molecule has 1 saturated carbocycles. The molecule has 2 rings (SSSR count). The van der Waals surface area contributed by atoms with Gasteiger partial charge in [0.1, 0.15) is 0 Å². The lowest BCUT2D eigenvalue weighted by atomic mass is 9.79. The Kier molecular flexibility index (Phi) is 7.21. The van der Waals surface area contributed by atoms with Crippen molar-refractivity contribution < 1.29 is 9.13 Å². The normalized spacial score (nSPS) is 21.8. The van der Waals surface area contributed by atoms with Gasteiger partial charge >= 0.3 is 0 Å². The van der Waals surface area contributed by atoms with Crippen LogP contribution in [0.3, 0.4) is 0 Å². The van der Waals surface area contributed by atoms with E-state index in [1.807, 2.05) is 6.07 Å². The lowest BCUT2D eigenvalue weighted by molar-refractivity contribution is 0.289. The molecule has 0 atom stereocenters. The van der Waals surface area contributed by atoms with E-state index in [4.69, 9.17) is 4.74 Å². The fourth-order valence-electron chi connectivity index (χ4n) is 3.37. The zero-order valence-electron chi connectivity index (χ0n) is 14.2. The molecule has 0 amide bonds. The average Bonchev–Trinajstić information content (AvgIpc) is 2.53. The summed E-state index contributed by atoms with van der Waals surface area (Å²) in [6.45, 7) is 5.15. The summed E-state index contributed by atoms with van der Waals surface area (Å²) in [5.41, 5.74) is 1.15. The molecule has 0 aromatic heterocycles. The Morgan fingerprint density at radius 1 is 1.05 bits per heavy atom. The van der Waals surface area contributed by atoms with Gasteiger partial charge in [0, 0.05) is 0 Å². The quantitative estimate of drug-likeness (QED) is 0.500. The zero-order chi connectivity index (χ0) is 15.8. The highest BCUT2D eigenvalue weighted by Gasteiger charge is 2.20. The van der Waals surface area contributed by atoms with Crippen LogP contribution in [-0.4, -0.2) is 6.61 Å². The van der Waals surface area contributed by atoms with Crippen molar-refractivity contribution in [1.29, 1.82) is 0 Å². The fourth-order valence-corrected chi connectivity index (χ4v) is 3.37. The number of halogens is 1. The Labute approximate surface area is 135 Å². The van der Waals surface area contributed by atoms with Crippen LogP contribution < -0.4 is 4.74 Å². The summed E-state index contributed by atoms with van der Waals surface area (Å²) in [5.74, 6) is 1.60. The first-order valence-corrected chi connectivity index (χ1v) is 9.13. The van der Waals surface area contributed by atoms with Crippen LogP contribution in [0.4, 0.5) is 4.39 Å². The maximum absolute atomic E-state index is 14.2. The Morgan fingerprint density at radius 3 is 2.45 bits per heavy atom. The van der Waals surface area contributed by atoms with Gasteiger partial charge in [-0.25, -0.2) is 4.39 Å². The third-order valence-corrected chi connectivity index (χ3v) is 4.95. The monoisotopic (exact) mass is 306 g/mol. The summed E-state index contributed by atoms with van der Waals surface area (Å²) in [5, 5.41) is 0. The van der Waals surface area contributed by atoms with Crippen LogP contribution in [0.2, 0.25) is 0 Å². The van der Waals surface area contributed by atoms with Crippen molar-refractivity contribution in [3.63, 3.8) is 0 Å². The van der Waals surface area contributed by atoms with Crippen molar-refractivity contribution in [3.05, 3.63) is 29.6 Å². The van der Waals surface area contributed by atoms with Crippen LogP contribution in [-0.2, 0) is 0 Å². The van der Waals surface area contributed by atoms with Gasteiger partial charge in [0.2, 0.25) is 0 Å². The fraction of sp³-hybridized carbons (Fsp3) is 0.700. The Balaban J connectivity index is 1.79. The molecule has 0 radical (unpaired) electrons. The van der Waals surface area contributed by atoms with Gasteiger partial charge < -0.3 is 4.74 Å². The molecule has 0 aliphatic heterocycles. The van der Waals surface area contributed by atoms with E-state index in [1.54, 1.807) is 6.07 Å². The molecule has 0 saturated heterocycles. The van der Waals surface area contributed by atoms with Gasteiger partial charge in [-0.15, -0.1) is 0 Å². The molecule has 1 nitrogen and oxygen atoms in total. The standard InChI is InChI=1S/C20H31FO/c1-3-4-5-6-7-14-22-20-13-12-18(15-19(20)21)17-10-8-16(2)9-11-17/h12-13,15-17H,3-11,14H2,1-2H3. The van der Waals surface area contributed by atoms with Crippen LogP contribution in [0.15, 0.2) is 18.2 Å². The van der Waals surface area contributed by atoms with Crippen molar-refractivity contribution in [3.8, 4) is 5.75 Å². The number of rotatable bonds is 8. The number of unbranched alkanes of at least 4 members (excludes halogenated alkanes) is 4. The molecule has 1 fully saturated rings. The second-order valence-corrected chi connectivity index (χ2v) is 6.91. The molecule has 22 heavy (non-hydrogen) atoms. The van der Waals surface area contributed by atoms with Gasteiger partial charge in [-0.1, -0.05) is 58.4 Å². The van der Waals surface area contributed by atoms with E-state index in [2.05, 4.69) is 19.9 Å². The summed E-state index contributed by atoms with van der Waals surface area (Å²) in [7, 11) is 0. The minimum atomic E-state index is -0.190. The highest BCUT2D eigenvalue weighted by molar-refractivity contribution is 5.31. The molecule has 0 N–H and O–H groups in total. The van der Waals surface area contributed by atoms with Gasteiger partial charge in [-0.2, -0.15) is 0 Å². The second-order valence-electron chi connectivity index (χ2n) is 6.91. The largest absolute Gasteiger partial charge is 0.491 e. The molecule has 0 unspecified atom stereocenters.